The first-order valence-electron chi connectivity index (χ1n) is 7.43. The molecule has 1 aliphatic heterocycles. The molecule has 0 radical (unpaired) electrons. The molecule has 1 aliphatic rings. The highest BCUT2D eigenvalue weighted by atomic mass is 32.2. The maximum absolute atomic E-state index is 11.8. The van der Waals surface area contributed by atoms with Crippen molar-refractivity contribution in [2.24, 2.45) is 5.92 Å². The summed E-state index contributed by atoms with van der Waals surface area (Å²) in [5, 5.41) is 4.42. The Morgan fingerprint density at radius 2 is 2.14 bits per heavy atom. The molecule has 1 aromatic heterocycles. The topological polar surface area (TPSA) is 59.3 Å². The molecule has 4 nitrogen and oxygen atoms in total. The molecule has 0 bridgehead atoms. The molecule has 21 heavy (non-hydrogen) atoms. The van der Waals surface area contributed by atoms with Crippen molar-refractivity contribution < 1.29 is 12.8 Å². The zero-order valence-electron chi connectivity index (χ0n) is 12.4. The zero-order valence-corrected chi connectivity index (χ0v) is 13.2. The van der Waals surface area contributed by atoms with Crippen LogP contribution >= 0.6 is 0 Å². The quantitative estimate of drug-likeness (QED) is 0.943. The van der Waals surface area contributed by atoms with Crippen molar-refractivity contribution in [3.63, 3.8) is 0 Å². The highest BCUT2D eigenvalue weighted by molar-refractivity contribution is 7.91. The lowest BCUT2D eigenvalue weighted by atomic mass is 9.90. The van der Waals surface area contributed by atoms with Gasteiger partial charge in [-0.1, -0.05) is 25.1 Å². The fourth-order valence-corrected chi connectivity index (χ4v) is 5.26. The molecule has 5 heteroatoms. The molecule has 114 valence electrons. The van der Waals surface area contributed by atoms with Crippen molar-refractivity contribution in [2.75, 3.05) is 18.6 Å². The summed E-state index contributed by atoms with van der Waals surface area (Å²) >= 11 is 0. The van der Waals surface area contributed by atoms with E-state index in [-0.39, 0.29) is 17.7 Å². The van der Waals surface area contributed by atoms with Gasteiger partial charge in [-0.25, -0.2) is 8.42 Å². The zero-order chi connectivity index (χ0) is 15.0. The fourth-order valence-electron chi connectivity index (χ4n) is 3.42. The normalized spacial score (nSPS) is 22.7. The first-order valence-corrected chi connectivity index (χ1v) is 9.26. The van der Waals surface area contributed by atoms with Gasteiger partial charge < -0.3 is 9.73 Å². The van der Waals surface area contributed by atoms with E-state index in [0.29, 0.717) is 5.75 Å². The van der Waals surface area contributed by atoms with Gasteiger partial charge >= 0.3 is 0 Å². The summed E-state index contributed by atoms with van der Waals surface area (Å²) in [4.78, 5) is 0. The van der Waals surface area contributed by atoms with Crippen LogP contribution in [0.4, 0.5) is 0 Å². The average molecular weight is 307 g/mol. The van der Waals surface area contributed by atoms with Gasteiger partial charge in [-0.2, -0.15) is 0 Å². The van der Waals surface area contributed by atoms with Gasteiger partial charge in [-0.15, -0.1) is 0 Å². The van der Waals surface area contributed by atoms with Crippen LogP contribution in [0.25, 0.3) is 11.0 Å². The van der Waals surface area contributed by atoms with E-state index >= 15 is 0 Å². The van der Waals surface area contributed by atoms with Gasteiger partial charge in [0, 0.05) is 23.4 Å². The van der Waals surface area contributed by atoms with E-state index in [1.807, 2.05) is 25.2 Å². The molecule has 1 N–H and O–H groups in total. The van der Waals surface area contributed by atoms with E-state index in [4.69, 9.17) is 4.42 Å². The number of benzene rings is 1. The van der Waals surface area contributed by atoms with E-state index in [1.165, 1.54) is 0 Å². The summed E-state index contributed by atoms with van der Waals surface area (Å²) in [6, 6.07) is 8.01. The number of fused-ring (bicyclic) bond motifs is 1. The molecule has 0 amide bonds. The molecule has 1 fully saturated rings. The number of nitrogens with one attached hydrogen (secondary N) is 1. The Kier molecular flexibility index (Phi) is 3.80. The van der Waals surface area contributed by atoms with E-state index in [9.17, 15) is 8.42 Å². The Hall–Kier alpha value is -1.33. The van der Waals surface area contributed by atoms with Crippen molar-refractivity contribution in [2.45, 2.75) is 25.8 Å². The molecule has 2 aromatic rings. The molecule has 1 saturated heterocycles. The van der Waals surface area contributed by atoms with Crippen LogP contribution in [0.3, 0.4) is 0 Å². The average Bonchev–Trinajstić information content (AvgIpc) is 3.01. The summed E-state index contributed by atoms with van der Waals surface area (Å²) in [7, 11) is -0.985. The highest BCUT2D eigenvalue weighted by Crippen LogP contribution is 2.38. The van der Waals surface area contributed by atoms with Gasteiger partial charge in [0.25, 0.3) is 0 Å². The van der Waals surface area contributed by atoms with Crippen LogP contribution in [-0.2, 0) is 16.3 Å². The Morgan fingerprint density at radius 3 is 2.76 bits per heavy atom. The molecule has 2 unspecified atom stereocenters. The van der Waals surface area contributed by atoms with Crippen molar-refractivity contribution in [1.82, 2.24) is 5.32 Å². The second kappa shape index (κ2) is 5.46. The second-order valence-corrected chi connectivity index (χ2v) is 7.95. The Morgan fingerprint density at radius 1 is 1.38 bits per heavy atom. The van der Waals surface area contributed by atoms with Gasteiger partial charge in [0.15, 0.2) is 9.84 Å². The summed E-state index contributed by atoms with van der Waals surface area (Å²) in [6.45, 7) is 2.07. The number of hydrogen-bond donors (Lipinski definition) is 1. The third kappa shape index (κ3) is 2.60. The minimum Gasteiger partial charge on any atom is -0.461 e. The number of hydrogen-bond acceptors (Lipinski definition) is 4. The predicted octanol–water partition coefficient (Wildman–Crippen LogP) is 2.69. The minimum atomic E-state index is -2.89. The summed E-state index contributed by atoms with van der Waals surface area (Å²) in [5.41, 5.74) is 2.02. The van der Waals surface area contributed by atoms with Gasteiger partial charge in [0.2, 0.25) is 0 Å². The number of sulfone groups is 1. The maximum Gasteiger partial charge on any atom is 0.150 e. The highest BCUT2D eigenvalue weighted by Gasteiger charge is 2.36. The minimum absolute atomic E-state index is 0.0286. The van der Waals surface area contributed by atoms with Crippen LogP contribution in [0.1, 0.15) is 30.7 Å². The van der Waals surface area contributed by atoms with Crippen LogP contribution in [-0.4, -0.2) is 27.0 Å². The largest absolute Gasteiger partial charge is 0.461 e. The van der Waals surface area contributed by atoms with Crippen LogP contribution in [0.2, 0.25) is 0 Å². The summed E-state index contributed by atoms with van der Waals surface area (Å²) < 4.78 is 29.5. The Labute approximate surface area is 125 Å². The van der Waals surface area contributed by atoms with Crippen LogP contribution < -0.4 is 5.32 Å². The summed E-state index contributed by atoms with van der Waals surface area (Å²) in [5.74, 6) is 1.64. The molecule has 0 aliphatic carbocycles. The number of para-hydroxylation sites is 1. The van der Waals surface area contributed by atoms with Gasteiger partial charge in [0.1, 0.15) is 11.3 Å². The molecule has 3 rings (SSSR count). The molecule has 1 aromatic carbocycles. The van der Waals surface area contributed by atoms with Gasteiger partial charge in [-0.3, -0.25) is 0 Å². The molecule has 0 saturated carbocycles. The molecular weight excluding hydrogens is 286 g/mol. The van der Waals surface area contributed by atoms with Gasteiger partial charge in [0.05, 0.1) is 11.5 Å². The maximum atomic E-state index is 11.8. The second-order valence-electron chi connectivity index (χ2n) is 5.72. The Balaban J connectivity index is 2.08. The molecule has 2 heterocycles. The van der Waals surface area contributed by atoms with E-state index < -0.39 is 9.84 Å². The predicted molar refractivity (Wildman–Crippen MR) is 84.2 cm³/mol. The third-order valence-corrected chi connectivity index (χ3v) is 6.19. The van der Waals surface area contributed by atoms with Crippen molar-refractivity contribution in [3.8, 4) is 0 Å². The summed E-state index contributed by atoms with van der Waals surface area (Å²) in [6.07, 6.45) is 1.53. The lowest BCUT2D eigenvalue weighted by molar-refractivity contribution is 0.409. The monoisotopic (exact) mass is 307 g/mol. The third-order valence-electron chi connectivity index (χ3n) is 4.39. The van der Waals surface area contributed by atoms with E-state index in [0.717, 1.165) is 35.1 Å². The van der Waals surface area contributed by atoms with E-state index in [2.05, 4.69) is 18.3 Å². The number of furan rings is 1. The van der Waals surface area contributed by atoms with E-state index in [1.54, 1.807) is 0 Å². The van der Waals surface area contributed by atoms with Gasteiger partial charge in [-0.05, 0) is 25.5 Å². The number of rotatable bonds is 4. The number of aryl methyl sites for hydroxylation is 1. The van der Waals surface area contributed by atoms with Crippen LogP contribution in [0.5, 0.6) is 0 Å². The van der Waals surface area contributed by atoms with Crippen molar-refractivity contribution in [1.29, 1.82) is 0 Å². The van der Waals surface area contributed by atoms with Crippen LogP contribution in [0.15, 0.2) is 28.7 Å². The molecule has 0 spiro atoms. The standard InChI is InChI=1S/C16H21NO3S/c1-3-13-15(12-6-4-5-7-14(12)20-13)16(17-2)11-8-9-21(18,19)10-11/h4-7,11,16-17H,3,8-10H2,1-2H3. The first kappa shape index (κ1) is 14.6. The molecule has 2 atom stereocenters. The first-order chi connectivity index (χ1) is 10.1. The van der Waals surface area contributed by atoms with Crippen LogP contribution in [0, 0.1) is 5.92 Å². The smallest absolute Gasteiger partial charge is 0.150 e. The fraction of sp³-hybridized carbons (Fsp3) is 0.500. The molecular formula is C16H21NO3S. The van der Waals surface area contributed by atoms with Crippen molar-refractivity contribution in [3.05, 3.63) is 35.6 Å². The Bertz CT molecular complexity index is 748. The lowest BCUT2D eigenvalue weighted by Gasteiger charge is -2.22. The van der Waals surface area contributed by atoms with Crippen molar-refractivity contribution >= 4 is 20.8 Å². The SMILES string of the molecule is CCc1oc2ccccc2c1C(NC)C1CCS(=O)(=O)C1. The lowest BCUT2D eigenvalue weighted by Crippen LogP contribution is -2.26.